The molecule has 2 nitrogen and oxygen atoms in total. The number of hydrogen-bond donors (Lipinski definition) is 0. The molecular weight excluding hydrogens is 543 g/mol. The molecule has 0 N–H and O–H groups in total. The van der Waals surface area contributed by atoms with Gasteiger partial charge in [0, 0.05) is 32.6 Å². The maximum absolute atomic E-state index is 2.61. The van der Waals surface area contributed by atoms with E-state index in [1.807, 2.05) is 0 Å². The van der Waals surface area contributed by atoms with Crippen LogP contribution < -0.4 is 16.4 Å². The van der Waals surface area contributed by atoms with Crippen LogP contribution in [0.25, 0.3) is 87.3 Å². The number of hydrogen-bond acceptors (Lipinski definition) is 0. The molecule has 2 aromatic heterocycles. The van der Waals surface area contributed by atoms with Crippen molar-refractivity contribution in [2.24, 2.45) is 0 Å². The Kier molecular flexibility index (Phi) is 3.85. The summed E-state index contributed by atoms with van der Waals surface area (Å²) in [5.74, 6) is 0. The van der Waals surface area contributed by atoms with Crippen LogP contribution in [0.5, 0.6) is 0 Å². The van der Waals surface area contributed by atoms with Crippen molar-refractivity contribution in [3.05, 3.63) is 140 Å². The molecule has 0 bridgehead atoms. The predicted octanol–water partition coefficient (Wildman–Crippen LogP) is 8.48. The summed E-state index contributed by atoms with van der Waals surface area (Å²) in [5.41, 5.74) is 12.1. The summed E-state index contributed by atoms with van der Waals surface area (Å²) in [7, 11) is 0. The maximum Gasteiger partial charge on any atom is 0.252 e. The molecule has 0 atom stereocenters. The van der Waals surface area contributed by atoms with Crippen molar-refractivity contribution in [3.63, 3.8) is 0 Å². The quantitative estimate of drug-likeness (QED) is 0.163. The molecule has 0 radical (unpaired) electrons. The van der Waals surface area contributed by atoms with Crippen molar-refractivity contribution in [3.8, 4) is 11.4 Å². The van der Waals surface area contributed by atoms with Crippen molar-refractivity contribution in [2.75, 3.05) is 0 Å². The van der Waals surface area contributed by atoms with E-state index in [2.05, 4.69) is 149 Å². The zero-order valence-electron chi connectivity index (χ0n) is 24.3. The van der Waals surface area contributed by atoms with Crippen LogP contribution in [0.4, 0.5) is 0 Å². The van der Waals surface area contributed by atoms with Crippen molar-refractivity contribution in [1.82, 2.24) is 9.13 Å². The summed E-state index contributed by atoms with van der Waals surface area (Å²) in [6.45, 7) is 0.104. The van der Waals surface area contributed by atoms with Crippen molar-refractivity contribution >= 4 is 99.0 Å². The van der Waals surface area contributed by atoms with Gasteiger partial charge < -0.3 is 9.13 Å². The van der Waals surface area contributed by atoms with Gasteiger partial charge in [-0.2, -0.15) is 0 Å². The molecule has 0 saturated heterocycles. The molecular formula is C42H23BN2. The second-order valence-corrected chi connectivity index (χ2v) is 12.8. The summed E-state index contributed by atoms with van der Waals surface area (Å²) >= 11 is 0. The Hall–Kier alpha value is -5.80. The lowest BCUT2D eigenvalue weighted by Gasteiger charge is -2.35. The van der Waals surface area contributed by atoms with Crippen molar-refractivity contribution in [2.45, 2.75) is 0 Å². The molecule has 12 rings (SSSR count). The number of rotatable bonds is 0. The Balaban J connectivity index is 1.44. The number of para-hydroxylation sites is 2. The monoisotopic (exact) mass is 566 g/mol. The van der Waals surface area contributed by atoms with Gasteiger partial charge in [0.25, 0.3) is 6.71 Å². The summed E-state index contributed by atoms with van der Waals surface area (Å²) in [6.07, 6.45) is 0. The molecule has 3 heteroatoms. The third-order valence-electron chi connectivity index (χ3n) is 10.8. The molecule has 0 amide bonds. The summed E-state index contributed by atoms with van der Waals surface area (Å²) in [4.78, 5) is 0. The minimum absolute atomic E-state index is 0.104. The van der Waals surface area contributed by atoms with Crippen LogP contribution >= 0.6 is 0 Å². The van der Waals surface area contributed by atoms with Crippen LogP contribution in [0, 0.1) is 0 Å². The van der Waals surface area contributed by atoms with Gasteiger partial charge in [0.2, 0.25) is 0 Å². The van der Waals surface area contributed by atoms with E-state index in [9.17, 15) is 0 Å². The van der Waals surface area contributed by atoms with Crippen LogP contribution in [0.1, 0.15) is 0 Å². The molecule has 0 unspecified atom stereocenters. The molecule has 0 saturated carbocycles. The first kappa shape index (κ1) is 22.7. The van der Waals surface area contributed by atoms with Gasteiger partial charge in [-0.15, -0.1) is 0 Å². The first-order chi connectivity index (χ1) is 22.4. The van der Waals surface area contributed by atoms with E-state index in [-0.39, 0.29) is 6.71 Å². The van der Waals surface area contributed by atoms with E-state index >= 15 is 0 Å². The van der Waals surface area contributed by atoms with Gasteiger partial charge in [-0.05, 0) is 61.5 Å². The van der Waals surface area contributed by atoms with Gasteiger partial charge in [0.1, 0.15) is 0 Å². The highest BCUT2D eigenvalue weighted by Crippen LogP contribution is 2.44. The first-order valence-electron chi connectivity index (χ1n) is 15.8. The van der Waals surface area contributed by atoms with Gasteiger partial charge in [-0.1, -0.05) is 121 Å². The Labute approximate surface area is 258 Å². The van der Waals surface area contributed by atoms with Gasteiger partial charge in [-0.25, -0.2) is 0 Å². The summed E-state index contributed by atoms with van der Waals surface area (Å²) in [6, 6.07) is 52.4. The molecule has 204 valence electrons. The van der Waals surface area contributed by atoms with Crippen LogP contribution in [-0.2, 0) is 0 Å². The SMILES string of the molecule is c1ccc2c3c4c(cc2c1)-n1c2ccccc2c2c5ccccc5cc(c21)B4c1cc2ccccc2c2c4ccccc4n-3c12. The highest BCUT2D eigenvalue weighted by atomic mass is 15.0. The summed E-state index contributed by atoms with van der Waals surface area (Å²) < 4.78 is 5.20. The van der Waals surface area contributed by atoms with E-state index in [0.717, 1.165) is 0 Å². The third kappa shape index (κ3) is 2.51. The van der Waals surface area contributed by atoms with E-state index in [4.69, 9.17) is 0 Å². The zero-order valence-corrected chi connectivity index (χ0v) is 24.3. The van der Waals surface area contributed by atoms with E-state index in [0.29, 0.717) is 0 Å². The number of fused-ring (bicyclic) bond motifs is 16. The molecule has 0 fully saturated rings. The molecule has 0 aliphatic carbocycles. The molecule has 4 heterocycles. The first-order valence-corrected chi connectivity index (χ1v) is 15.8. The van der Waals surface area contributed by atoms with Gasteiger partial charge in [-0.3, -0.25) is 0 Å². The molecule has 45 heavy (non-hydrogen) atoms. The second-order valence-electron chi connectivity index (χ2n) is 12.8. The van der Waals surface area contributed by atoms with E-state index in [1.165, 1.54) is 104 Å². The van der Waals surface area contributed by atoms with Crippen LogP contribution in [-0.4, -0.2) is 15.8 Å². The Morgan fingerprint density at radius 1 is 0.400 bits per heavy atom. The fraction of sp³-hybridized carbons (Fsp3) is 0. The Bertz CT molecular complexity index is 2990. The summed E-state index contributed by atoms with van der Waals surface area (Å²) in [5, 5.41) is 13.2. The maximum atomic E-state index is 2.61. The number of nitrogens with zero attached hydrogens (tertiary/aromatic N) is 2. The van der Waals surface area contributed by atoms with E-state index < -0.39 is 0 Å². The Morgan fingerprint density at radius 2 is 0.844 bits per heavy atom. The molecule has 10 aromatic rings. The average molecular weight is 566 g/mol. The lowest BCUT2D eigenvalue weighted by molar-refractivity contribution is 1.16. The largest absolute Gasteiger partial charge is 0.310 e. The standard InChI is InChI=1S/C42H23BN2/c1-4-14-27-24(11-1)21-32-41-37(27)30-17-7-9-19-34(30)44(41)36-23-26-13-3-6-16-29(26)40-39(36)43(32)33-22-25-12-2-5-15-28(25)38-31-18-8-10-20-35(31)45(40)42(33)38/h1-23H. The average Bonchev–Trinajstić information content (AvgIpc) is 3.63. The molecule has 2 aliphatic heterocycles. The predicted molar refractivity (Wildman–Crippen MR) is 192 cm³/mol. The lowest BCUT2D eigenvalue weighted by atomic mass is 9.34. The lowest BCUT2D eigenvalue weighted by Crippen LogP contribution is -2.59. The van der Waals surface area contributed by atoms with E-state index in [1.54, 1.807) is 0 Å². The third-order valence-corrected chi connectivity index (χ3v) is 10.8. The Morgan fingerprint density at radius 3 is 1.44 bits per heavy atom. The van der Waals surface area contributed by atoms with Crippen molar-refractivity contribution in [1.29, 1.82) is 0 Å². The van der Waals surface area contributed by atoms with Gasteiger partial charge >= 0.3 is 0 Å². The minimum atomic E-state index is 0.104. The molecule has 2 aliphatic rings. The van der Waals surface area contributed by atoms with Crippen LogP contribution in [0.3, 0.4) is 0 Å². The number of benzene rings is 8. The normalized spacial score (nSPS) is 13.3. The fourth-order valence-corrected chi connectivity index (χ4v) is 9.19. The molecule has 8 aromatic carbocycles. The highest BCUT2D eigenvalue weighted by molar-refractivity contribution is 7.01. The van der Waals surface area contributed by atoms with Gasteiger partial charge in [0.15, 0.2) is 0 Å². The zero-order chi connectivity index (χ0) is 29.0. The topological polar surface area (TPSA) is 9.86 Å². The molecule has 0 spiro atoms. The minimum Gasteiger partial charge on any atom is -0.310 e. The van der Waals surface area contributed by atoms with Crippen LogP contribution in [0.15, 0.2) is 140 Å². The highest BCUT2D eigenvalue weighted by Gasteiger charge is 2.42. The smallest absolute Gasteiger partial charge is 0.252 e. The fourth-order valence-electron chi connectivity index (χ4n) is 9.19. The van der Waals surface area contributed by atoms with Crippen LogP contribution in [0.2, 0.25) is 0 Å². The van der Waals surface area contributed by atoms with Crippen molar-refractivity contribution < 1.29 is 0 Å². The number of aromatic nitrogens is 2. The second kappa shape index (κ2) is 7.64. The van der Waals surface area contributed by atoms with Gasteiger partial charge in [0.05, 0.1) is 27.8 Å².